The molecule has 1 aromatic heterocycles. The zero-order valence-electron chi connectivity index (χ0n) is 16.7. The van der Waals surface area contributed by atoms with Gasteiger partial charge < -0.3 is 14.5 Å². The minimum absolute atomic E-state index is 0.246. The van der Waals surface area contributed by atoms with Gasteiger partial charge in [0.05, 0.1) is 0 Å². The summed E-state index contributed by atoms with van der Waals surface area (Å²) in [5.74, 6) is 1.24. The fraction of sp³-hybridized carbons (Fsp3) is 0.125. The molecule has 0 spiro atoms. The second-order valence-corrected chi connectivity index (χ2v) is 6.93. The van der Waals surface area contributed by atoms with Gasteiger partial charge in [0.1, 0.15) is 5.75 Å². The molecule has 4 aromatic rings. The van der Waals surface area contributed by atoms with Gasteiger partial charge in [-0.2, -0.15) is 0 Å². The fourth-order valence-electron chi connectivity index (χ4n) is 2.96. The van der Waals surface area contributed by atoms with Crippen molar-refractivity contribution in [2.75, 3.05) is 5.32 Å². The number of aryl methyl sites for hydroxylation is 1. The van der Waals surface area contributed by atoms with Crippen molar-refractivity contribution in [3.8, 4) is 28.7 Å². The molecule has 150 valence electrons. The number of nitrogens with one attached hydrogen (secondary N) is 1. The Morgan fingerprint density at radius 3 is 2.37 bits per heavy atom. The van der Waals surface area contributed by atoms with Crippen molar-refractivity contribution in [1.29, 1.82) is 0 Å². The van der Waals surface area contributed by atoms with Crippen LogP contribution in [-0.2, 0) is 4.79 Å². The van der Waals surface area contributed by atoms with Gasteiger partial charge in [0.2, 0.25) is 11.8 Å². The van der Waals surface area contributed by atoms with Crippen LogP contribution < -0.4 is 10.1 Å². The summed E-state index contributed by atoms with van der Waals surface area (Å²) < 4.78 is 11.5. The summed E-state index contributed by atoms with van der Waals surface area (Å²) in [6.45, 7) is 3.69. The number of rotatable bonds is 6. The van der Waals surface area contributed by atoms with Gasteiger partial charge in [-0.1, -0.05) is 36.4 Å². The molecule has 3 aromatic carbocycles. The molecule has 0 aliphatic heterocycles. The Morgan fingerprint density at radius 1 is 0.900 bits per heavy atom. The number of amides is 1. The first-order valence-corrected chi connectivity index (χ1v) is 9.62. The topological polar surface area (TPSA) is 77.2 Å². The van der Waals surface area contributed by atoms with Crippen LogP contribution in [0.1, 0.15) is 12.5 Å². The Balaban J connectivity index is 1.46. The van der Waals surface area contributed by atoms with E-state index in [9.17, 15) is 4.79 Å². The number of nitrogens with zero attached hydrogens (tertiary/aromatic N) is 2. The smallest absolute Gasteiger partial charge is 0.265 e. The second kappa shape index (κ2) is 8.61. The van der Waals surface area contributed by atoms with Gasteiger partial charge in [0, 0.05) is 16.8 Å². The van der Waals surface area contributed by atoms with Crippen LogP contribution in [0.4, 0.5) is 5.69 Å². The van der Waals surface area contributed by atoms with Crippen molar-refractivity contribution in [3.05, 3.63) is 84.4 Å². The monoisotopic (exact) mass is 399 g/mol. The molecular formula is C24H21N3O3. The quantitative estimate of drug-likeness (QED) is 0.487. The van der Waals surface area contributed by atoms with Crippen LogP contribution in [0.3, 0.4) is 0 Å². The van der Waals surface area contributed by atoms with Crippen molar-refractivity contribution in [2.24, 2.45) is 0 Å². The molecule has 1 amide bonds. The Bertz CT molecular complexity index is 1160. The molecule has 4 rings (SSSR count). The first kappa shape index (κ1) is 19.4. The van der Waals surface area contributed by atoms with E-state index in [1.165, 1.54) is 0 Å². The number of benzene rings is 3. The molecule has 0 radical (unpaired) electrons. The van der Waals surface area contributed by atoms with Gasteiger partial charge in [-0.3, -0.25) is 4.79 Å². The molecule has 0 fully saturated rings. The Morgan fingerprint density at radius 2 is 1.60 bits per heavy atom. The zero-order valence-corrected chi connectivity index (χ0v) is 16.7. The first-order chi connectivity index (χ1) is 14.6. The van der Waals surface area contributed by atoms with Gasteiger partial charge in [-0.25, -0.2) is 0 Å². The molecule has 0 saturated heterocycles. The van der Waals surface area contributed by atoms with E-state index < -0.39 is 6.10 Å². The minimum Gasteiger partial charge on any atom is -0.481 e. The summed E-state index contributed by atoms with van der Waals surface area (Å²) in [5.41, 5.74) is 3.26. The number of carbonyl (C=O) groups is 1. The Labute approximate surface area is 174 Å². The van der Waals surface area contributed by atoms with Gasteiger partial charge in [0.15, 0.2) is 6.10 Å². The van der Waals surface area contributed by atoms with E-state index >= 15 is 0 Å². The van der Waals surface area contributed by atoms with Gasteiger partial charge in [-0.05, 0) is 61.9 Å². The van der Waals surface area contributed by atoms with E-state index in [1.54, 1.807) is 19.1 Å². The van der Waals surface area contributed by atoms with Crippen LogP contribution in [0, 0.1) is 6.92 Å². The van der Waals surface area contributed by atoms with Crippen molar-refractivity contribution in [1.82, 2.24) is 10.2 Å². The summed E-state index contributed by atoms with van der Waals surface area (Å²) in [6, 6.07) is 24.4. The van der Waals surface area contributed by atoms with Gasteiger partial charge in [-0.15, -0.1) is 10.2 Å². The fourth-order valence-corrected chi connectivity index (χ4v) is 2.96. The van der Waals surface area contributed by atoms with Crippen molar-refractivity contribution < 1.29 is 13.9 Å². The zero-order chi connectivity index (χ0) is 20.9. The lowest BCUT2D eigenvalue weighted by Gasteiger charge is -2.15. The van der Waals surface area contributed by atoms with Crippen molar-refractivity contribution in [3.63, 3.8) is 0 Å². The highest BCUT2D eigenvalue weighted by Gasteiger charge is 2.16. The minimum atomic E-state index is -0.649. The highest BCUT2D eigenvalue weighted by Crippen LogP contribution is 2.25. The van der Waals surface area contributed by atoms with Crippen molar-refractivity contribution >= 4 is 11.6 Å². The predicted octanol–water partition coefficient (Wildman–Crippen LogP) is 5.12. The average molecular weight is 399 g/mol. The van der Waals surface area contributed by atoms with E-state index in [0.29, 0.717) is 23.2 Å². The molecule has 1 atom stereocenters. The summed E-state index contributed by atoms with van der Waals surface area (Å²) in [6.07, 6.45) is -0.649. The van der Waals surface area contributed by atoms with Crippen molar-refractivity contribution in [2.45, 2.75) is 20.0 Å². The Kier molecular flexibility index (Phi) is 5.57. The predicted molar refractivity (Wildman–Crippen MR) is 115 cm³/mol. The normalized spacial score (nSPS) is 11.7. The molecule has 30 heavy (non-hydrogen) atoms. The third-order valence-electron chi connectivity index (χ3n) is 4.49. The molecule has 6 heteroatoms. The van der Waals surface area contributed by atoms with Gasteiger partial charge >= 0.3 is 0 Å². The number of aromatic nitrogens is 2. The molecule has 0 aliphatic rings. The number of ether oxygens (including phenoxy) is 1. The maximum atomic E-state index is 12.6. The maximum absolute atomic E-state index is 12.6. The highest BCUT2D eigenvalue weighted by molar-refractivity contribution is 5.94. The number of anilines is 1. The number of carbonyl (C=O) groups excluding carboxylic acids is 1. The SMILES string of the molecule is Cc1cccc(O[C@H](C)C(=O)Nc2cccc(-c3nnc(-c4ccccc4)o3)c2)c1. The average Bonchev–Trinajstić information content (AvgIpc) is 3.25. The third kappa shape index (κ3) is 4.55. The summed E-state index contributed by atoms with van der Waals surface area (Å²) in [5, 5.41) is 11.1. The van der Waals surface area contributed by atoms with Crippen LogP contribution in [0.2, 0.25) is 0 Å². The van der Waals surface area contributed by atoms with Crippen LogP contribution in [-0.4, -0.2) is 22.2 Å². The van der Waals surface area contributed by atoms with E-state index in [1.807, 2.05) is 73.7 Å². The largest absolute Gasteiger partial charge is 0.481 e. The lowest BCUT2D eigenvalue weighted by Crippen LogP contribution is -2.30. The standard InChI is InChI=1S/C24H21N3O3/c1-16-8-6-13-21(14-16)29-17(2)22(28)25-20-12-7-11-19(15-20)24-27-26-23(30-24)18-9-4-3-5-10-18/h3-15,17H,1-2H3,(H,25,28)/t17-/m1/s1. The van der Waals surface area contributed by atoms with Crippen LogP contribution >= 0.6 is 0 Å². The Hall–Kier alpha value is -3.93. The van der Waals surface area contributed by atoms with Crippen LogP contribution in [0.25, 0.3) is 22.9 Å². The molecule has 0 unspecified atom stereocenters. The van der Waals surface area contributed by atoms with E-state index in [0.717, 1.165) is 16.7 Å². The summed E-state index contributed by atoms with van der Waals surface area (Å²) in [4.78, 5) is 12.6. The van der Waals surface area contributed by atoms with E-state index in [2.05, 4.69) is 15.5 Å². The number of hydrogen-bond acceptors (Lipinski definition) is 5. The summed E-state index contributed by atoms with van der Waals surface area (Å²) >= 11 is 0. The lowest BCUT2D eigenvalue weighted by molar-refractivity contribution is -0.122. The van der Waals surface area contributed by atoms with Crippen LogP contribution in [0.5, 0.6) is 5.75 Å². The molecule has 0 bridgehead atoms. The summed E-state index contributed by atoms with van der Waals surface area (Å²) in [7, 11) is 0. The molecule has 6 nitrogen and oxygen atoms in total. The molecule has 1 N–H and O–H groups in total. The first-order valence-electron chi connectivity index (χ1n) is 9.62. The van der Waals surface area contributed by atoms with Crippen LogP contribution in [0.15, 0.2) is 83.3 Å². The third-order valence-corrected chi connectivity index (χ3v) is 4.49. The molecule has 1 heterocycles. The molecule has 0 aliphatic carbocycles. The maximum Gasteiger partial charge on any atom is 0.265 e. The lowest BCUT2D eigenvalue weighted by atomic mass is 10.2. The van der Waals surface area contributed by atoms with Gasteiger partial charge in [0.25, 0.3) is 5.91 Å². The highest BCUT2D eigenvalue weighted by atomic mass is 16.5. The van der Waals surface area contributed by atoms with E-state index in [4.69, 9.17) is 9.15 Å². The molecular weight excluding hydrogens is 378 g/mol. The molecule has 0 saturated carbocycles. The number of hydrogen-bond donors (Lipinski definition) is 1. The van der Waals surface area contributed by atoms with E-state index in [-0.39, 0.29) is 5.91 Å². The second-order valence-electron chi connectivity index (χ2n) is 6.93.